The minimum Gasteiger partial charge on any atom is -0.453 e. The van der Waals surface area contributed by atoms with Gasteiger partial charge in [-0.05, 0) is 43.9 Å². The SMILES string of the molecule is COC(=O)NC1CCCC(CC2CCCC(NC(C)=O)C2)C1. The van der Waals surface area contributed by atoms with Crippen LogP contribution in [-0.4, -0.2) is 31.2 Å². The summed E-state index contributed by atoms with van der Waals surface area (Å²) in [5.74, 6) is 1.50. The summed E-state index contributed by atoms with van der Waals surface area (Å²) >= 11 is 0. The molecule has 2 rings (SSSR count). The maximum Gasteiger partial charge on any atom is 0.407 e. The summed E-state index contributed by atoms with van der Waals surface area (Å²) in [6.07, 6.45) is 10.2. The van der Waals surface area contributed by atoms with E-state index in [9.17, 15) is 9.59 Å². The van der Waals surface area contributed by atoms with Crippen LogP contribution < -0.4 is 10.6 Å². The zero-order valence-electron chi connectivity index (χ0n) is 13.9. The second kappa shape index (κ2) is 8.39. The lowest BCUT2D eigenvalue weighted by Gasteiger charge is -2.35. The number of ether oxygens (including phenoxy) is 1. The summed E-state index contributed by atoms with van der Waals surface area (Å²) in [6, 6.07) is 0.629. The molecule has 126 valence electrons. The van der Waals surface area contributed by atoms with Crippen LogP contribution in [0.5, 0.6) is 0 Å². The van der Waals surface area contributed by atoms with Gasteiger partial charge in [-0.15, -0.1) is 0 Å². The van der Waals surface area contributed by atoms with Crippen LogP contribution in [0.15, 0.2) is 0 Å². The van der Waals surface area contributed by atoms with Gasteiger partial charge in [0.05, 0.1) is 7.11 Å². The molecule has 0 spiro atoms. The van der Waals surface area contributed by atoms with Crippen molar-refractivity contribution in [2.24, 2.45) is 11.8 Å². The van der Waals surface area contributed by atoms with Crippen LogP contribution in [0.3, 0.4) is 0 Å². The summed E-state index contributed by atoms with van der Waals surface area (Å²) in [5.41, 5.74) is 0. The second-order valence-electron chi connectivity index (χ2n) is 7.03. The first kappa shape index (κ1) is 17.1. The highest BCUT2D eigenvalue weighted by molar-refractivity contribution is 5.73. The molecule has 0 aromatic heterocycles. The molecule has 5 nitrogen and oxygen atoms in total. The van der Waals surface area contributed by atoms with E-state index in [2.05, 4.69) is 10.6 Å². The maximum atomic E-state index is 11.3. The molecule has 0 bridgehead atoms. The summed E-state index contributed by atoms with van der Waals surface area (Å²) in [7, 11) is 1.42. The summed E-state index contributed by atoms with van der Waals surface area (Å²) < 4.78 is 4.70. The van der Waals surface area contributed by atoms with Crippen molar-refractivity contribution in [1.29, 1.82) is 0 Å². The third kappa shape index (κ3) is 5.50. The standard InChI is InChI=1S/C17H30N2O3/c1-12(20)18-15-7-3-5-13(10-15)9-14-6-4-8-16(11-14)19-17(21)22-2/h13-16H,3-11H2,1-2H3,(H,18,20)(H,19,21). The first-order chi connectivity index (χ1) is 10.6. The van der Waals surface area contributed by atoms with Crippen LogP contribution in [0.25, 0.3) is 0 Å². The van der Waals surface area contributed by atoms with Gasteiger partial charge in [-0.1, -0.05) is 25.7 Å². The average molecular weight is 310 g/mol. The molecule has 22 heavy (non-hydrogen) atoms. The number of carbonyl (C=O) groups is 2. The fraction of sp³-hybridized carbons (Fsp3) is 0.882. The minimum absolute atomic E-state index is 0.0886. The Kier molecular flexibility index (Phi) is 6.52. The molecular formula is C17H30N2O3. The second-order valence-corrected chi connectivity index (χ2v) is 7.03. The minimum atomic E-state index is -0.311. The Hall–Kier alpha value is -1.26. The molecule has 4 unspecified atom stereocenters. The maximum absolute atomic E-state index is 11.3. The molecule has 2 aliphatic carbocycles. The Morgan fingerprint density at radius 1 is 0.955 bits per heavy atom. The Balaban J connectivity index is 1.77. The Bertz CT molecular complexity index is 386. The molecule has 2 saturated carbocycles. The summed E-state index contributed by atoms with van der Waals surface area (Å²) in [4.78, 5) is 22.6. The van der Waals surface area contributed by atoms with E-state index in [1.165, 1.54) is 39.2 Å². The van der Waals surface area contributed by atoms with Gasteiger partial charge >= 0.3 is 6.09 Å². The lowest BCUT2D eigenvalue weighted by atomic mass is 9.75. The number of rotatable bonds is 4. The molecule has 0 saturated heterocycles. The van der Waals surface area contributed by atoms with Crippen LogP contribution >= 0.6 is 0 Å². The van der Waals surface area contributed by atoms with Crippen molar-refractivity contribution in [2.75, 3.05) is 7.11 Å². The highest BCUT2D eigenvalue weighted by atomic mass is 16.5. The third-order valence-electron chi connectivity index (χ3n) is 5.15. The van der Waals surface area contributed by atoms with Crippen molar-refractivity contribution in [3.05, 3.63) is 0 Å². The molecule has 0 radical (unpaired) electrons. The van der Waals surface area contributed by atoms with Gasteiger partial charge < -0.3 is 15.4 Å². The fourth-order valence-electron chi connectivity index (χ4n) is 4.26. The predicted octanol–water partition coefficient (Wildman–Crippen LogP) is 2.99. The van der Waals surface area contributed by atoms with Crippen molar-refractivity contribution in [3.8, 4) is 0 Å². The number of amides is 2. The van der Waals surface area contributed by atoms with Gasteiger partial charge in [0.15, 0.2) is 0 Å². The number of nitrogens with one attached hydrogen (secondary N) is 2. The van der Waals surface area contributed by atoms with Crippen LogP contribution in [0.1, 0.15) is 64.7 Å². The van der Waals surface area contributed by atoms with Crippen molar-refractivity contribution < 1.29 is 14.3 Å². The van der Waals surface area contributed by atoms with Crippen molar-refractivity contribution in [2.45, 2.75) is 76.8 Å². The highest BCUT2D eigenvalue weighted by Crippen LogP contribution is 2.35. The van der Waals surface area contributed by atoms with Gasteiger partial charge in [-0.2, -0.15) is 0 Å². The lowest BCUT2D eigenvalue weighted by molar-refractivity contribution is -0.120. The van der Waals surface area contributed by atoms with E-state index < -0.39 is 0 Å². The highest BCUT2D eigenvalue weighted by Gasteiger charge is 2.28. The van der Waals surface area contributed by atoms with E-state index in [-0.39, 0.29) is 18.0 Å². The zero-order chi connectivity index (χ0) is 15.9. The fourth-order valence-corrected chi connectivity index (χ4v) is 4.26. The number of methoxy groups -OCH3 is 1. The number of carbonyl (C=O) groups excluding carboxylic acids is 2. The molecule has 0 heterocycles. The normalized spacial score (nSPS) is 32.1. The van der Waals surface area contributed by atoms with Crippen molar-refractivity contribution >= 4 is 12.0 Å². The molecule has 0 aliphatic heterocycles. The van der Waals surface area contributed by atoms with Crippen molar-refractivity contribution in [1.82, 2.24) is 10.6 Å². The lowest BCUT2D eigenvalue weighted by Crippen LogP contribution is -2.40. The number of alkyl carbamates (subject to hydrolysis) is 1. The quantitative estimate of drug-likeness (QED) is 0.839. The van der Waals surface area contributed by atoms with E-state index in [4.69, 9.17) is 4.74 Å². The van der Waals surface area contributed by atoms with E-state index in [1.807, 2.05) is 0 Å². The largest absolute Gasteiger partial charge is 0.453 e. The molecule has 0 aromatic carbocycles. The van der Waals surface area contributed by atoms with Gasteiger partial charge in [0.25, 0.3) is 0 Å². The van der Waals surface area contributed by atoms with Gasteiger partial charge in [0.2, 0.25) is 5.91 Å². The number of hydrogen-bond acceptors (Lipinski definition) is 3. The Morgan fingerprint density at radius 2 is 1.50 bits per heavy atom. The Labute approximate surface area is 133 Å². The number of hydrogen-bond donors (Lipinski definition) is 2. The first-order valence-electron chi connectivity index (χ1n) is 8.68. The van der Waals surface area contributed by atoms with Gasteiger partial charge in [-0.3, -0.25) is 4.79 Å². The van der Waals surface area contributed by atoms with Gasteiger partial charge in [0, 0.05) is 19.0 Å². The molecule has 2 amide bonds. The topological polar surface area (TPSA) is 67.4 Å². The Morgan fingerprint density at radius 3 is 2.00 bits per heavy atom. The van der Waals surface area contributed by atoms with E-state index in [0.717, 1.165) is 25.7 Å². The van der Waals surface area contributed by atoms with Crippen LogP contribution in [-0.2, 0) is 9.53 Å². The van der Waals surface area contributed by atoms with Gasteiger partial charge in [-0.25, -0.2) is 4.79 Å². The van der Waals surface area contributed by atoms with Gasteiger partial charge in [0.1, 0.15) is 0 Å². The van der Waals surface area contributed by atoms with E-state index in [1.54, 1.807) is 6.92 Å². The van der Waals surface area contributed by atoms with E-state index >= 15 is 0 Å². The van der Waals surface area contributed by atoms with Crippen LogP contribution in [0, 0.1) is 11.8 Å². The molecule has 0 aromatic rings. The monoisotopic (exact) mass is 310 g/mol. The smallest absolute Gasteiger partial charge is 0.407 e. The molecule has 4 atom stereocenters. The molecule has 2 fully saturated rings. The molecule has 2 N–H and O–H groups in total. The van der Waals surface area contributed by atoms with Crippen molar-refractivity contribution in [3.63, 3.8) is 0 Å². The molecule has 5 heteroatoms. The molecule has 2 aliphatic rings. The summed E-state index contributed by atoms with van der Waals surface area (Å²) in [6.45, 7) is 1.60. The zero-order valence-corrected chi connectivity index (χ0v) is 13.9. The predicted molar refractivity (Wildman–Crippen MR) is 85.5 cm³/mol. The van der Waals surface area contributed by atoms with Crippen LogP contribution in [0.4, 0.5) is 4.79 Å². The summed E-state index contributed by atoms with van der Waals surface area (Å²) in [5, 5.41) is 6.03. The molecular weight excluding hydrogens is 280 g/mol. The van der Waals surface area contributed by atoms with Crippen LogP contribution in [0.2, 0.25) is 0 Å². The third-order valence-corrected chi connectivity index (χ3v) is 5.15. The van der Waals surface area contributed by atoms with E-state index in [0.29, 0.717) is 17.9 Å². The average Bonchev–Trinajstić information content (AvgIpc) is 2.47. The first-order valence-corrected chi connectivity index (χ1v) is 8.68.